The maximum atomic E-state index is 12.8. The van der Waals surface area contributed by atoms with Gasteiger partial charge >= 0.3 is 6.09 Å². The number of likely N-dealkylation sites (tertiary alicyclic amines) is 1. The van der Waals surface area contributed by atoms with Crippen molar-refractivity contribution in [3.05, 3.63) is 65.0 Å². The molecule has 0 saturated carbocycles. The van der Waals surface area contributed by atoms with Crippen molar-refractivity contribution < 1.29 is 19.1 Å². The summed E-state index contributed by atoms with van der Waals surface area (Å²) in [5.74, 6) is 2.24. The number of ketones is 1. The quantitative estimate of drug-likeness (QED) is 0.268. The lowest BCUT2D eigenvalue weighted by atomic mass is 9.75. The highest BCUT2D eigenvalue weighted by atomic mass is 79.9. The van der Waals surface area contributed by atoms with Gasteiger partial charge in [0.25, 0.3) is 0 Å². The van der Waals surface area contributed by atoms with Crippen molar-refractivity contribution in [2.75, 3.05) is 11.9 Å². The number of nitrogens with zero attached hydrogens (tertiary/aromatic N) is 2. The summed E-state index contributed by atoms with van der Waals surface area (Å²) in [6, 6.07) is 11.6. The van der Waals surface area contributed by atoms with Crippen molar-refractivity contribution in [3.8, 4) is 22.9 Å². The van der Waals surface area contributed by atoms with Gasteiger partial charge in [-0.2, -0.15) is 0 Å². The molecule has 37 heavy (non-hydrogen) atoms. The van der Waals surface area contributed by atoms with Crippen molar-refractivity contribution in [3.63, 3.8) is 0 Å². The van der Waals surface area contributed by atoms with E-state index in [4.69, 9.17) is 9.47 Å². The van der Waals surface area contributed by atoms with E-state index >= 15 is 0 Å². The minimum absolute atomic E-state index is 0.0199. The second-order valence-electron chi connectivity index (χ2n) is 11.2. The van der Waals surface area contributed by atoms with E-state index in [1.807, 2.05) is 57.3 Å². The number of alkyl halides is 1. The standard InChI is InChI=1S/C29H32BrN3O4/c1-28(2,3)37-27(35)33-12-6-7-22(33)21-16-31-26(32-21)18-9-11-24-20(13-18)29(4,5)19-10-8-17(23(34)15-30)14-25(19)36-24/h8-11,13-14,16,22H,6-7,12,15H2,1-5H3,(H,31,32)/t22-/m0/s1. The Balaban J connectivity index is 1.42. The minimum atomic E-state index is -0.537. The molecule has 0 bridgehead atoms. The molecule has 1 saturated heterocycles. The van der Waals surface area contributed by atoms with Crippen molar-refractivity contribution in [2.24, 2.45) is 0 Å². The normalized spacial score (nSPS) is 18.1. The number of carbonyl (C=O) groups is 2. The maximum Gasteiger partial charge on any atom is 0.410 e. The first-order valence-corrected chi connectivity index (χ1v) is 13.7. The summed E-state index contributed by atoms with van der Waals surface area (Å²) in [6.45, 7) is 10.6. The summed E-state index contributed by atoms with van der Waals surface area (Å²) in [4.78, 5) is 34.9. The van der Waals surface area contributed by atoms with Gasteiger partial charge in [0.15, 0.2) is 5.78 Å². The number of Topliss-reactive ketones (excluding diaryl/α,β-unsaturated/α-hetero) is 1. The van der Waals surface area contributed by atoms with E-state index in [1.165, 1.54) is 0 Å². The second kappa shape index (κ2) is 9.31. The van der Waals surface area contributed by atoms with E-state index in [1.54, 1.807) is 4.90 Å². The molecular formula is C29H32BrN3O4. The summed E-state index contributed by atoms with van der Waals surface area (Å²) < 4.78 is 11.9. The summed E-state index contributed by atoms with van der Waals surface area (Å²) in [7, 11) is 0. The van der Waals surface area contributed by atoms with Gasteiger partial charge in [0.05, 0.1) is 23.3 Å². The zero-order valence-corrected chi connectivity index (χ0v) is 23.4. The molecule has 2 aliphatic rings. The summed E-state index contributed by atoms with van der Waals surface area (Å²) in [6.07, 6.45) is 3.31. The van der Waals surface area contributed by atoms with Crippen molar-refractivity contribution >= 4 is 27.8 Å². The number of H-pyrrole nitrogens is 1. The highest BCUT2D eigenvalue weighted by Crippen LogP contribution is 2.49. The van der Waals surface area contributed by atoms with Gasteiger partial charge in [-0.3, -0.25) is 9.69 Å². The third-order valence-corrected chi connectivity index (χ3v) is 7.59. The molecule has 1 aromatic heterocycles. The van der Waals surface area contributed by atoms with Crippen LogP contribution >= 0.6 is 15.9 Å². The number of aromatic amines is 1. The van der Waals surface area contributed by atoms with Crippen LogP contribution in [0.2, 0.25) is 0 Å². The Labute approximate surface area is 225 Å². The highest BCUT2D eigenvalue weighted by molar-refractivity contribution is 9.09. The second-order valence-corrected chi connectivity index (χ2v) is 11.8. The fourth-order valence-electron chi connectivity index (χ4n) is 5.17. The Morgan fingerprint density at radius 2 is 1.95 bits per heavy atom. The molecule has 0 spiro atoms. The molecule has 5 rings (SSSR count). The lowest BCUT2D eigenvalue weighted by molar-refractivity contribution is 0.0221. The number of hydrogen-bond acceptors (Lipinski definition) is 5. The number of carbonyl (C=O) groups excluding carboxylic acids is 2. The molecule has 0 unspecified atom stereocenters. The number of fused-ring (bicyclic) bond motifs is 2. The number of rotatable bonds is 4. The smallest absolute Gasteiger partial charge is 0.410 e. The lowest BCUT2D eigenvalue weighted by Crippen LogP contribution is -2.36. The fourth-order valence-corrected chi connectivity index (χ4v) is 5.50. The number of hydrogen-bond donors (Lipinski definition) is 1. The molecular weight excluding hydrogens is 534 g/mol. The van der Waals surface area contributed by atoms with Gasteiger partial charge < -0.3 is 14.5 Å². The lowest BCUT2D eigenvalue weighted by Gasteiger charge is -2.35. The summed E-state index contributed by atoms with van der Waals surface area (Å²) >= 11 is 3.25. The first-order valence-electron chi connectivity index (χ1n) is 12.6. The largest absolute Gasteiger partial charge is 0.457 e. The number of imidazole rings is 1. The van der Waals surface area contributed by atoms with Gasteiger partial charge in [0.2, 0.25) is 0 Å². The van der Waals surface area contributed by atoms with Gasteiger partial charge in [-0.25, -0.2) is 9.78 Å². The van der Waals surface area contributed by atoms with Crippen molar-refractivity contribution in [1.29, 1.82) is 0 Å². The van der Waals surface area contributed by atoms with Crippen LogP contribution in [0.5, 0.6) is 11.5 Å². The number of halogens is 1. The van der Waals surface area contributed by atoms with Crippen LogP contribution in [-0.4, -0.2) is 44.2 Å². The molecule has 7 nitrogen and oxygen atoms in total. The van der Waals surface area contributed by atoms with E-state index < -0.39 is 5.60 Å². The number of nitrogens with one attached hydrogen (secondary N) is 1. The average molecular weight is 566 g/mol. The van der Waals surface area contributed by atoms with Gasteiger partial charge in [-0.15, -0.1) is 0 Å². The number of ether oxygens (including phenoxy) is 2. The van der Waals surface area contributed by atoms with E-state index in [-0.39, 0.29) is 28.7 Å². The topological polar surface area (TPSA) is 84.5 Å². The zero-order valence-electron chi connectivity index (χ0n) is 21.9. The monoisotopic (exact) mass is 565 g/mol. The van der Waals surface area contributed by atoms with Crippen molar-refractivity contribution in [2.45, 2.75) is 64.5 Å². The molecule has 1 atom stereocenters. The predicted molar refractivity (Wildman–Crippen MR) is 146 cm³/mol. The molecule has 0 aliphatic carbocycles. The number of benzene rings is 2. The van der Waals surface area contributed by atoms with Crippen LogP contribution in [0, 0.1) is 0 Å². The molecule has 1 amide bonds. The van der Waals surface area contributed by atoms with Crippen LogP contribution in [0.25, 0.3) is 11.4 Å². The Hall–Kier alpha value is -3.13. The Morgan fingerprint density at radius 1 is 1.16 bits per heavy atom. The molecule has 1 N–H and O–H groups in total. The number of aromatic nitrogens is 2. The summed E-state index contributed by atoms with van der Waals surface area (Å²) in [5, 5.41) is 0.274. The average Bonchev–Trinajstić information content (AvgIpc) is 3.52. The first kappa shape index (κ1) is 25.5. The minimum Gasteiger partial charge on any atom is -0.457 e. The van der Waals surface area contributed by atoms with E-state index in [0.29, 0.717) is 17.9 Å². The molecule has 1 fully saturated rings. The van der Waals surface area contributed by atoms with Gasteiger partial charge in [0, 0.05) is 34.2 Å². The SMILES string of the molecule is CC(C)(C)OC(=O)N1CCC[C@H]1c1cnc(-c2ccc3c(c2)C(C)(C)c2ccc(C(=O)CBr)cc2O3)[nH]1. The predicted octanol–water partition coefficient (Wildman–Crippen LogP) is 7.16. The molecule has 3 aromatic rings. The Bertz CT molecular complexity index is 1370. The van der Waals surface area contributed by atoms with Crippen molar-refractivity contribution in [1.82, 2.24) is 14.9 Å². The summed E-state index contributed by atoms with van der Waals surface area (Å²) in [5.41, 5.74) is 3.68. The number of amides is 1. The van der Waals surface area contributed by atoms with Gasteiger partial charge in [-0.05, 0) is 57.9 Å². The van der Waals surface area contributed by atoms with Gasteiger partial charge in [0.1, 0.15) is 22.9 Å². The molecule has 2 aliphatic heterocycles. The molecule has 194 valence electrons. The van der Waals surface area contributed by atoms with Gasteiger partial charge in [-0.1, -0.05) is 41.9 Å². The third kappa shape index (κ3) is 4.79. The molecule has 8 heteroatoms. The van der Waals surface area contributed by atoms with Crippen LogP contribution in [0.15, 0.2) is 42.6 Å². The van der Waals surface area contributed by atoms with E-state index in [2.05, 4.69) is 45.8 Å². The molecule has 3 heterocycles. The Kier molecular flexibility index (Phi) is 6.42. The first-order chi connectivity index (χ1) is 17.5. The zero-order chi connectivity index (χ0) is 26.5. The highest BCUT2D eigenvalue weighted by Gasteiger charge is 2.36. The maximum absolute atomic E-state index is 12.8. The third-order valence-electron chi connectivity index (χ3n) is 7.08. The molecule has 2 aromatic carbocycles. The fraction of sp³-hybridized carbons (Fsp3) is 0.414. The van der Waals surface area contributed by atoms with Crippen LogP contribution in [0.4, 0.5) is 4.79 Å². The van der Waals surface area contributed by atoms with Crippen LogP contribution in [-0.2, 0) is 10.2 Å². The van der Waals surface area contributed by atoms with Crippen LogP contribution in [0.1, 0.15) is 80.7 Å². The van der Waals surface area contributed by atoms with E-state index in [9.17, 15) is 9.59 Å². The van der Waals surface area contributed by atoms with Crippen LogP contribution in [0.3, 0.4) is 0 Å². The Morgan fingerprint density at radius 3 is 2.68 bits per heavy atom. The molecule has 0 radical (unpaired) electrons. The van der Waals surface area contributed by atoms with Crippen LogP contribution < -0.4 is 4.74 Å². The van der Waals surface area contributed by atoms with E-state index in [0.717, 1.165) is 46.8 Å².